The minimum Gasteiger partial charge on any atom is -0.484 e. The number of nitrogens with zero attached hydrogens (tertiary/aromatic N) is 1. The Kier molecular flexibility index (Phi) is 4.96. The largest absolute Gasteiger partial charge is 0.484 e. The summed E-state index contributed by atoms with van der Waals surface area (Å²) in [5, 5.41) is 10.1. The predicted octanol–water partition coefficient (Wildman–Crippen LogP) is 2.68. The first-order valence-electron chi connectivity index (χ1n) is 7.25. The van der Waals surface area contributed by atoms with E-state index in [9.17, 15) is 14.7 Å². The Morgan fingerprint density at radius 1 is 1.36 bits per heavy atom. The van der Waals surface area contributed by atoms with Crippen molar-refractivity contribution in [3.63, 3.8) is 0 Å². The molecular weight excluding hydrogens is 306 g/mol. The van der Waals surface area contributed by atoms with Gasteiger partial charge >= 0.3 is 5.97 Å². The molecular formula is C16H20ClNO4. The molecule has 1 heterocycles. The number of carboxylic acids is 1. The fourth-order valence-electron chi connectivity index (χ4n) is 2.71. The second-order valence-corrected chi connectivity index (χ2v) is 6.36. The van der Waals surface area contributed by atoms with E-state index in [2.05, 4.69) is 0 Å². The molecule has 120 valence electrons. The van der Waals surface area contributed by atoms with Crippen molar-refractivity contribution in [2.75, 3.05) is 19.7 Å². The van der Waals surface area contributed by atoms with E-state index in [0.717, 1.165) is 0 Å². The highest BCUT2D eigenvalue weighted by Gasteiger charge is 2.48. The van der Waals surface area contributed by atoms with Gasteiger partial charge in [-0.05, 0) is 36.6 Å². The van der Waals surface area contributed by atoms with Crippen molar-refractivity contribution in [1.29, 1.82) is 0 Å². The summed E-state index contributed by atoms with van der Waals surface area (Å²) in [7, 11) is 0. The fraction of sp³-hybridized carbons (Fsp3) is 0.500. The molecule has 0 aromatic heterocycles. The first-order chi connectivity index (χ1) is 10.3. The third-order valence-corrected chi connectivity index (χ3v) is 4.61. The smallest absolute Gasteiger partial charge is 0.311 e. The number of ether oxygens (including phenoxy) is 1. The Hall–Kier alpha value is -1.75. The zero-order valence-corrected chi connectivity index (χ0v) is 13.5. The molecule has 1 unspecified atom stereocenters. The van der Waals surface area contributed by atoms with Crippen LogP contribution in [0.25, 0.3) is 0 Å². The van der Waals surface area contributed by atoms with Crippen LogP contribution >= 0.6 is 11.6 Å². The molecule has 1 N–H and O–H groups in total. The van der Waals surface area contributed by atoms with E-state index in [0.29, 0.717) is 23.7 Å². The highest BCUT2D eigenvalue weighted by atomic mass is 35.5. The maximum absolute atomic E-state index is 12.2. The van der Waals surface area contributed by atoms with Gasteiger partial charge in [-0.3, -0.25) is 9.59 Å². The molecule has 1 saturated heterocycles. The average molecular weight is 326 g/mol. The number of carbonyl (C=O) groups excluding carboxylic acids is 1. The Balaban J connectivity index is 1.94. The summed E-state index contributed by atoms with van der Waals surface area (Å²) >= 11 is 5.78. The molecule has 0 radical (unpaired) electrons. The van der Waals surface area contributed by atoms with Crippen LogP contribution in [0.15, 0.2) is 24.3 Å². The van der Waals surface area contributed by atoms with Crippen molar-refractivity contribution < 1.29 is 19.4 Å². The SMILES string of the molecule is CC(C)C1(C(=O)O)CCN(C(=O)COc2ccc(Cl)cc2)C1. The van der Waals surface area contributed by atoms with E-state index in [1.807, 2.05) is 13.8 Å². The zero-order valence-electron chi connectivity index (χ0n) is 12.7. The van der Waals surface area contributed by atoms with Crippen LogP contribution in [0.3, 0.4) is 0 Å². The molecule has 1 aliphatic rings. The molecule has 1 amide bonds. The average Bonchev–Trinajstić information content (AvgIpc) is 2.93. The number of hydrogen-bond donors (Lipinski definition) is 1. The van der Waals surface area contributed by atoms with E-state index in [-0.39, 0.29) is 25.0 Å². The van der Waals surface area contributed by atoms with Crippen molar-refractivity contribution in [2.24, 2.45) is 11.3 Å². The maximum atomic E-state index is 12.2. The lowest BCUT2D eigenvalue weighted by atomic mass is 9.76. The van der Waals surface area contributed by atoms with Crippen LogP contribution in [0.5, 0.6) is 5.75 Å². The van der Waals surface area contributed by atoms with Crippen molar-refractivity contribution in [3.8, 4) is 5.75 Å². The van der Waals surface area contributed by atoms with Gasteiger partial charge in [0.15, 0.2) is 6.61 Å². The van der Waals surface area contributed by atoms with Crippen LogP contribution < -0.4 is 4.74 Å². The third kappa shape index (κ3) is 3.35. The number of carbonyl (C=O) groups is 2. The van der Waals surface area contributed by atoms with Crippen molar-refractivity contribution >= 4 is 23.5 Å². The summed E-state index contributed by atoms with van der Waals surface area (Å²) < 4.78 is 5.43. The van der Waals surface area contributed by atoms with Crippen molar-refractivity contribution in [1.82, 2.24) is 4.90 Å². The van der Waals surface area contributed by atoms with E-state index >= 15 is 0 Å². The molecule has 1 atom stereocenters. The Morgan fingerprint density at radius 3 is 2.50 bits per heavy atom. The monoisotopic (exact) mass is 325 g/mol. The van der Waals surface area contributed by atoms with Gasteiger partial charge in [-0.1, -0.05) is 25.4 Å². The summed E-state index contributed by atoms with van der Waals surface area (Å²) in [6.07, 6.45) is 0.479. The standard InChI is InChI=1S/C16H20ClNO4/c1-11(2)16(15(20)21)7-8-18(10-16)14(19)9-22-13-5-3-12(17)4-6-13/h3-6,11H,7-10H2,1-2H3,(H,20,21). The number of aliphatic carboxylic acids is 1. The lowest BCUT2D eigenvalue weighted by molar-refractivity contribution is -0.151. The zero-order chi connectivity index (χ0) is 16.3. The van der Waals surface area contributed by atoms with E-state index in [4.69, 9.17) is 16.3 Å². The van der Waals surface area contributed by atoms with Crippen molar-refractivity contribution in [2.45, 2.75) is 20.3 Å². The summed E-state index contributed by atoms with van der Waals surface area (Å²) in [5.74, 6) is -0.500. The van der Waals surface area contributed by atoms with Crippen molar-refractivity contribution in [3.05, 3.63) is 29.3 Å². The first-order valence-corrected chi connectivity index (χ1v) is 7.62. The van der Waals surface area contributed by atoms with Crippen LogP contribution in [0, 0.1) is 11.3 Å². The second-order valence-electron chi connectivity index (χ2n) is 5.92. The topological polar surface area (TPSA) is 66.8 Å². The van der Waals surface area contributed by atoms with Crippen LogP contribution in [-0.2, 0) is 9.59 Å². The van der Waals surface area contributed by atoms with E-state index in [1.54, 1.807) is 29.2 Å². The number of rotatable bonds is 5. The fourth-order valence-corrected chi connectivity index (χ4v) is 2.83. The Bertz CT molecular complexity index is 558. The van der Waals surface area contributed by atoms with Gasteiger partial charge in [-0.25, -0.2) is 0 Å². The maximum Gasteiger partial charge on any atom is 0.311 e. The number of likely N-dealkylation sites (tertiary alicyclic amines) is 1. The minimum absolute atomic E-state index is 0.0278. The number of carboxylic acid groups (broad SMARTS) is 1. The molecule has 1 fully saturated rings. The number of hydrogen-bond acceptors (Lipinski definition) is 3. The van der Waals surface area contributed by atoms with Crippen LogP contribution in [0.1, 0.15) is 20.3 Å². The van der Waals surface area contributed by atoms with Gasteiger partial charge in [-0.15, -0.1) is 0 Å². The third-order valence-electron chi connectivity index (χ3n) is 4.36. The predicted molar refractivity (Wildman–Crippen MR) is 83.1 cm³/mol. The molecule has 2 rings (SSSR count). The molecule has 1 aromatic carbocycles. The number of amides is 1. The lowest BCUT2D eigenvalue weighted by Gasteiger charge is -2.28. The van der Waals surface area contributed by atoms with E-state index < -0.39 is 11.4 Å². The molecule has 22 heavy (non-hydrogen) atoms. The summed E-state index contributed by atoms with van der Waals surface area (Å²) in [5.41, 5.74) is -0.851. The molecule has 1 aromatic rings. The quantitative estimate of drug-likeness (QED) is 0.903. The normalized spacial score (nSPS) is 21.2. The molecule has 0 aliphatic carbocycles. The molecule has 0 bridgehead atoms. The highest BCUT2D eigenvalue weighted by Crippen LogP contribution is 2.38. The number of benzene rings is 1. The Labute approximate surface area is 134 Å². The van der Waals surface area contributed by atoms with Gasteiger partial charge in [0.1, 0.15) is 5.75 Å². The molecule has 1 aliphatic heterocycles. The van der Waals surface area contributed by atoms with Crippen LogP contribution in [0.4, 0.5) is 0 Å². The van der Waals surface area contributed by atoms with Gasteiger partial charge < -0.3 is 14.7 Å². The highest BCUT2D eigenvalue weighted by molar-refractivity contribution is 6.30. The van der Waals surface area contributed by atoms with Gasteiger partial charge in [-0.2, -0.15) is 0 Å². The summed E-state index contributed by atoms with van der Waals surface area (Å²) in [4.78, 5) is 25.3. The van der Waals surface area contributed by atoms with Gasteiger partial charge in [0.2, 0.25) is 0 Å². The Morgan fingerprint density at radius 2 is 2.00 bits per heavy atom. The minimum atomic E-state index is -0.851. The van der Waals surface area contributed by atoms with Gasteiger partial charge in [0.25, 0.3) is 5.91 Å². The molecule has 0 saturated carbocycles. The van der Waals surface area contributed by atoms with Gasteiger partial charge in [0, 0.05) is 18.1 Å². The molecule has 0 spiro atoms. The van der Waals surface area contributed by atoms with Gasteiger partial charge in [0.05, 0.1) is 5.41 Å². The summed E-state index contributed by atoms with van der Waals surface area (Å²) in [6.45, 7) is 4.35. The second kappa shape index (κ2) is 6.57. The van der Waals surface area contributed by atoms with Crippen LogP contribution in [-0.4, -0.2) is 41.6 Å². The van der Waals surface area contributed by atoms with Crippen LogP contribution in [0.2, 0.25) is 5.02 Å². The lowest BCUT2D eigenvalue weighted by Crippen LogP contribution is -2.41. The summed E-state index contributed by atoms with van der Waals surface area (Å²) in [6, 6.07) is 6.75. The van der Waals surface area contributed by atoms with E-state index in [1.165, 1.54) is 0 Å². The molecule has 5 nitrogen and oxygen atoms in total. The molecule has 6 heteroatoms. The number of halogens is 1. The first kappa shape index (κ1) is 16.6.